The summed E-state index contributed by atoms with van der Waals surface area (Å²) in [5.74, 6) is 0. The van der Waals surface area contributed by atoms with E-state index in [1.165, 1.54) is 24.2 Å². The number of nitrogens with one attached hydrogen (secondary N) is 1. The van der Waals surface area contributed by atoms with Crippen LogP contribution in [0, 0.1) is 6.92 Å². The predicted molar refractivity (Wildman–Crippen MR) is 83.6 cm³/mol. The van der Waals surface area contributed by atoms with E-state index in [-0.39, 0.29) is 0 Å². The molecule has 1 aromatic heterocycles. The van der Waals surface area contributed by atoms with E-state index in [1.54, 1.807) is 4.31 Å². The molecule has 4 nitrogen and oxygen atoms in total. The van der Waals surface area contributed by atoms with Crippen LogP contribution in [-0.2, 0) is 16.6 Å². The van der Waals surface area contributed by atoms with Crippen LogP contribution in [0.3, 0.4) is 0 Å². The number of nitrogens with zero attached hydrogens (tertiary/aromatic N) is 1. The van der Waals surface area contributed by atoms with E-state index < -0.39 is 10.0 Å². The highest BCUT2D eigenvalue weighted by Crippen LogP contribution is 2.29. The first-order valence-electron chi connectivity index (χ1n) is 7.31. The summed E-state index contributed by atoms with van der Waals surface area (Å²) in [5.41, 5.74) is 1.08. The van der Waals surface area contributed by atoms with Gasteiger partial charge in [0.05, 0.1) is 0 Å². The van der Waals surface area contributed by atoms with E-state index in [0.717, 1.165) is 23.4 Å². The number of rotatable bonds is 8. The summed E-state index contributed by atoms with van der Waals surface area (Å²) in [6.45, 7) is 7.80. The van der Waals surface area contributed by atoms with Crippen molar-refractivity contribution < 1.29 is 8.42 Å². The van der Waals surface area contributed by atoms with Crippen molar-refractivity contribution in [2.24, 2.45) is 0 Å². The van der Waals surface area contributed by atoms with Crippen molar-refractivity contribution in [1.82, 2.24) is 9.62 Å². The summed E-state index contributed by atoms with van der Waals surface area (Å²) in [6.07, 6.45) is 3.33. The van der Waals surface area contributed by atoms with Crippen LogP contribution in [0.5, 0.6) is 0 Å². The van der Waals surface area contributed by atoms with Gasteiger partial charge in [-0.15, -0.1) is 11.3 Å². The van der Waals surface area contributed by atoms with Crippen molar-refractivity contribution in [1.29, 1.82) is 0 Å². The molecule has 1 fully saturated rings. The zero-order valence-electron chi connectivity index (χ0n) is 12.5. The van der Waals surface area contributed by atoms with Crippen LogP contribution < -0.4 is 5.32 Å². The van der Waals surface area contributed by atoms with Crippen molar-refractivity contribution >= 4 is 21.4 Å². The number of aryl methyl sites for hydroxylation is 1. The Morgan fingerprint density at radius 1 is 1.40 bits per heavy atom. The SMILES string of the molecule is CCCN(CC)S(=O)(=O)c1cc(C)c(CNC2CC2)s1. The highest BCUT2D eigenvalue weighted by molar-refractivity contribution is 7.91. The third-order valence-electron chi connectivity index (χ3n) is 3.55. The fraction of sp³-hybridized carbons (Fsp3) is 0.714. The van der Waals surface area contributed by atoms with Crippen LogP contribution in [0.15, 0.2) is 10.3 Å². The lowest BCUT2D eigenvalue weighted by molar-refractivity contribution is 0.428. The topological polar surface area (TPSA) is 49.4 Å². The predicted octanol–water partition coefficient (Wildman–Crippen LogP) is 2.73. The molecular weight excluding hydrogens is 292 g/mol. The lowest BCUT2D eigenvalue weighted by Gasteiger charge is -2.18. The molecule has 0 aliphatic heterocycles. The van der Waals surface area contributed by atoms with Crippen molar-refractivity contribution in [3.8, 4) is 0 Å². The van der Waals surface area contributed by atoms with Gasteiger partial charge in [-0.25, -0.2) is 8.42 Å². The van der Waals surface area contributed by atoms with Crippen LogP contribution >= 0.6 is 11.3 Å². The van der Waals surface area contributed by atoms with E-state index in [1.807, 2.05) is 26.8 Å². The lowest BCUT2D eigenvalue weighted by Crippen LogP contribution is -2.31. The third kappa shape index (κ3) is 3.61. The fourth-order valence-corrected chi connectivity index (χ4v) is 5.38. The molecular formula is C14H24N2O2S2. The molecule has 6 heteroatoms. The van der Waals surface area contributed by atoms with Gasteiger partial charge in [0.2, 0.25) is 0 Å². The molecule has 20 heavy (non-hydrogen) atoms. The first kappa shape index (κ1) is 15.9. The maximum atomic E-state index is 12.6. The lowest BCUT2D eigenvalue weighted by atomic mass is 10.3. The van der Waals surface area contributed by atoms with Crippen molar-refractivity contribution in [2.75, 3.05) is 13.1 Å². The van der Waals surface area contributed by atoms with Crippen LogP contribution in [0.25, 0.3) is 0 Å². The number of hydrogen-bond donors (Lipinski definition) is 1. The Morgan fingerprint density at radius 2 is 2.10 bits per heavy atom. The van der Waals surface area contributed by atoms with Gasteiger partial charge in [-0.3, -0.25) is 0 Å². The molecule has 1 heterocycles. The number of thiophene rings is 1. The van der Waals surface area contributed by atoms with E-state index >= 15 is 0 Å². The van der Waals surface area contributed by atoms with Gasteiger partial charge in [0.1, 0.15) is 4.21 Å². The van der Waals surface area contributed by atoms with Gasteiger partial charge < -0.3 is 5.32 Å². The molecule has 1 N–H and O–H groups in total. The standard InChI is InChI=1S/C14H24N2O2S2/c1-4-8-16(5-2)20(17,18)14-9-11(3)13(19-14)10-15-12-6-7-12/h9,12,15H,4-8,10H2,1-3H3. The molecule has 0 unspecified atom stereocenters. The van der Waals surface area contributed by atoms with Gasteiger partial charge >= 0.3 is 0 Å². The van der Waals surface area contributed by atoms with E-state index in [9.17, 15) is 8.42 Å². The molecule has 0 saturated heterocycles. The van der Waals surface area contributed by atoms with Crippen molar-refractivity contribution in [2.45, 2.75) is 56.8 Å². The van der Waals surface area contributed by atoms with Crippen LogP contribution in [0.2, 0.25) is 0 Å². The van der Waals surface area contributed by atoms with Crippen molar-refractivity contribution in [3.05, 3.63) is 16.5 Å². The third-order valence-corrected chi connectivity index (χ3v) is 7.21. The van der Waals surface area contributed by atoms with Gasteiger partial charge in [0.25, 0.3) is 10.0 Å². The second-order valence-corrected chi connectivity index (χ2v) is 8.63. The van der Waals surface area contributed by atoms with Gasteiger partial charge in [-0.2, -0.15) is 4.31 Å². The average Bonchev–Trinajstić information content (AvgIpc) is 3.16. The van der Waals surface area contributed by atoms with E-state index in [4.69, 9.17) is 0 Å². The molecule has 1 saturated carbocycles. The molecule has 0 amide bonds. The summed E-state index contributed by atoms with van der Waals surface area (Å²) < 4.78 is 27.2. The molecule has 0 radical (unpaired) electrons. The molecule has 0 spiro atoms. The monoisotopic (exact) mass is 316 g/mol. The molecule has 0 bridgehead atoms. The van der Waals surface area contributed by atoms with Gasteiger partial charge in [0, 0.05) is 30.6 Å². The summed E-state index contributed by atoms with van der Waals surface area (Å²) in [6, 6.07) is 2.46. The maximum absolute atomic E-state index is 12.6. The number of sulfonamides is 1. The normalized spacial score (nSPS) is 16.0. The second kappa shape index (κ2) is 6.56. The average molecular weight is 316 g/mol. The Kier molecular flexibility index (Phi) is 5.23. The first-order chi connectivity index (χ1) is 9.48. The largest absolute Gasteiger partial charge is 0.309 e. The second-order valence-electron chi connectivity index (χ2n) is 5.32. The molecule has 114 valence electrons. The maximum Gasteiger partial charge on any atom is 0.252 e. The minimum absolute atomic E-state index is 0.484. The highest BCUT2D eigenvalue weighted by atomic mass is 32.2. The zero-order valence-corrected chi connectivity index (χ0v) is 14.1. The molecule has 1 aromatic rings. The highest BCUT2D eigenvalue weighted by Gasteiger charge is 2.26. The van der Waals surface area contributed by atoms with Crippen LogP contribution in [0.4, 0.5) is 0 Å². The molecule has 1 aliphatic carbocycles. The Labute approximate surface area is 126 Å². The zero-order chi connectivity index (χ0) is 14.8. The van der Waals surface area contributed by atoms with E-state index in [0.29, 0.717) is 23.3 Å². The molecule has 2 rings (SSSR count). The van der Waals surface area contributed by atoms with Gasteiger partial charge in [0.15, 0.2) is 0 Å². The Hall–Kier alpha value is -0.430. The Bertz CT molecular complexity index is 548. The Balaban J connectivity index is 2.15. The molecule has 0 aromatic carbocycles. The van der Waals surface area contributed by atoms with Crippen LogP contribution in [0.1, 0.15) is 43.6 Å². The van der Waals surface area contributed by atoms with Crippen molar-refractivity contribution in [3.63, 3.8) is 0 Å². The summed E-state index contributed by atoms with van der Waals surface area (Å²) >= 11 is 1.41. The van der Waals surface area contributed by atoms with Gasteiger partial charge in [-0.1, -0.05) is 13.8 Å². The van der Waals surface area contributed by atoms with E-state index in [2.05, 4.69) is 5.32 Å². The smallest absolute Gasteiger partial charge is 0.252 e. The summed E-state index contributed by atoms with van der Waals surface area (Å²) in [7, 11) is -3.31. The molecule has 0 atom stereocenters. The quantitative estimate of drug-likeness (QED) is 0.802. The first-order valence-corrected chi connectivity index (χ1v) is 9.57. The minimum Gasteiger partial charge on any atom is -0.309 e. The Morgan fingerprint density at radius 3 is 2.65 bits per heavy atom. The summed E-state index contributed by atoms with van der Waals surface area (Å²) in [4.78, 5) is 1.14. The minimum atomic E-state index is -3.31. The number of hydrogen-bond acceptors (Lipinski definition) is 4. The van der Waals surface area contributed by atoms with Gasteiger partial charge in [-0.05, 0) is 37.8 Å². The summed E-state index contributed by atoms with van der Waals surface area (Å²) in [5, 5.41) is 3.45. The fourth-order valence-electron chi connectivity index (χ4n) is 2.14. The van der Waals surface area contributed by atoms with Crippen LogP contribution in [-0.4, -0.2) is 31.9 Å². The molecule has 1 aliphatic rings.